The predicted molar refractivity (Wildman–Crippen MR) is 90.0 cm³/mol. The zero-order valence-electron chi connectivity index (χ0n) is 13.8. The highest BCUT2D eigenvalue weighted by molar-refractivity contribution is 5.79. The van der Waals surface area contributed by atoms with Gasteiger partial charge < -0.3 is 14.6 Å². The maximum Gasteiger partial charge on any atom is 0.223 e. The molecule has 1 saturated carbocycles. The molecule has 23 heavy (non-hydrogen) atoms. The largest absolute Gasteiger partial charge is 0.383 e. The van der Waals surface area contributed by atoms with Gasteiger partial charge in [0.15, 0.2) is 0 Å². The number of methoxy groups -OCH3 is 1. The monoisotopic (exact) mass is 315 g/mol. The number of nitrogens with one attached hydrogen (secondary N) is 1. The Balaban J connectivity index is 1.72. The number of benzene rings is 1. The first-order valence-electron chi connectivity index (χ1n) is 8.50. The van der Waals surface area contributed by atoms with Crippen LogP contribution in [0.2, 0.25) is 0 Å². The molecule has 0 unspecified atom stereocenters. The summed E-state index contributed by atoms with van der Waals surface area (Å²) >= 11 is 0. The van der Waals surface area contributed by atoms with E-state index in [1.54, 1.807) is 7.11 Å². The molecule has 1 heterocycles. The van der Waals surface area contributed by atoms with Gasteiger partial charge in [-0.25, -0.2) is 4.98 Å². The molecule has 0 bridgehead atoms. The Labute approximate surface area is 137 Å². The number of fused-ring (bicyclic) bond motifs is 1. The maximum absolute atomic E-state index is 12.3. The Bertz CT molecular complexity index is 659. The Morgan fingerprint density at radius 3 is 2.87 bits per heavy atom. The van der Waals surface area contributed by atoms with Gasteiger partial charge in [0, 0.05) is 19.6 Å². The van der Waals surface area contributed by atoms with Crippen LogP contribution in [0.15, 0.2) is 24.3 Å². The van der Waals surface area contributed by atoms with Crippen LogP contribution in [0.1, 0.15) is 37.9 Å². The average Bonchev–Trinajstić information content (AvgIpc) is 2.96. The normalized spacial score (nSPS) is 15.9. The van der Waals surface area contributed by atoms with Crippen molar-refractivity contribution in [1.29, 1.82) is 0 Å². The lowest BCUT2D eigenvalue weighted by molar-refractivity contribution is -0.126. The van der Waals surface area contributed by atoms with Crippen LogP contribution in [-0.2, 0) is 22.6 Å². The molecule has 124 valence electrons. The molecule has 0 aliphatic heterocycles. The fourth-order valence-corrected chi connectivity index (χ4v) is 3.37. The number of rotatable bonds is 6. The number of nitrogens with zero attached hydrogens (tertiary/aromatic N) is 2. The highest BCUT2D eigenvalue weighted by Crippen LogP contribution is 2.24. The van der Waals surface area contributed by atoms with Crippen molar-refractivity contribution in [2.45, 2.75) is 45.2 Å². The number of para-hydroxylation sites is 2. The first kappa shape index (κ1) is 16.0. The number of ether oxygens (including phenoxy) is 1. The van der Waals surface area contributed by atoms with Gasteiger partial charge in [-0.05, 0) is 25.0 Å². The first-order chi connectivity index (χ1) is 11.3. The minimum absolute atomic E-state index is 0.176. The van der Waals surface area contributed by atoms with Crippen molar-refractivity contribution in [3.63, 3.8) is 0 Å². The fourth-order valence-electron chi connectivity index (χ4n) is 3.37. The third-order valence-electron chi connectivity index (χ3n) is 4.65. The summed E-state index contributed by atoms with van der Waals surface area (Å²) in [5.74, 6) is 1.25. The van der Waals surface area contributed by atoms with Crippen molar-refractivity contribution in [3.05, 3.63) is 30.1 Å². The Morgan fingerprint density at radius 2 is 2.09 bits per heavy atom. The summed E-state index contributed by atoms with van der Waals surface area (Å²) in [4.78, 5) is 17.0. The van der Waals surface area contributed by atoms with Crippen molar-refractivity contribution < 1.29 is 9.53 Å². The van der Waals surface area contributed by atoms with Gasteiger partial charge in [-0.15, -0.1) is 0 Å². The molecule has 1 fully saturated rings. The molecule has 5 heteroatoms. The van der Waals surface area contributed by atoms with Gasteiger partial charge in [0.25, 0.3) is 0 Å². The standard InChI is InChI=1S/C18H25N3O2/c1-23-12-11-21-16-10-6-5-9-15(16)20-17(21)13-19-18(22)14-7-3-2-4-8-14/h5-6,9-10,14H,2-4,7-8,11-13H2,1H3,(H,19,22). The van der Waals surface area contributed by atoms with E-state index in [2.05, 4.69) is 20.9 Å². The molecule has 0 spiro atoms. The second-order valence-corrected chi connectivity index (χ2v) is 6.21. The molecule has 2 aromatic rings. The number of hydrogen-bond acceptors (Lipinski definition) is 3. The van der Waals surface area contributed by atoms with Gasteiger partial charge in [-0.1, -0.05) is 31.4 Å². The smallest absolute Gasteiger partial charge is 0.223 e. The molecule has 3 rings (SSSR count). The summed E-state index contributed by atoms with van der Waals surface area (Å²) in [6.07, 6.45) is 5.64. The minimum Gasteiger partial charge on any atom is -0.383 e. The molecule has 1 N–H and O–H groups in total. The van der Waals surface area contributed by atoms with E-state index in [0.717, 1.165) is 36.2 Å². The number of carbonyl (C=O) groups excluding carboxylic acids is 1. The molecule has 1 aliphatic carbocycles. The van der Waals surface area contributed by atoms with E-state index in [4.69, 9.17) is 4.74 Å². The van der Waals surface area contributed by atoms with Crippen LogP contribution < -0.4 is 5.32 Å². The molecule has 1 aromatic carbocycles. The highest BCUT2D eigenvalue weighted by Gasteiger charge is 2.21. The van der Waals surface area contributed by atoms with E-state index >= 15 is 0 Å². The fraction of sp³-hybridized carbons (Fsp3) is 0.556. The van der Waals surface area contributed by atoms with E-state index in [9.17, 15) is 4.79 Å². The van der Waals surface area contributed by atoms with Gasteiger partial charge >= 0.3 is 0 Å². The van der Waals surface area contributed by atoms with Crippen LogP contribution in [-0.4, -0.2) is 29.2 Å². The molecule has 1 aliphatic rings. The molecule has 0 atom stereocenters. The van der Waals surface area contributed by atoms with Crippen molar-refractivity contribution >= 4 is 16.9 Å². The first-order valence-corrected chi connectivity index (χ1v) is 8.50. The lowest BCUT2D eigenvalue weighted by Gasteiger charge is -2.20. The summed E-state index contributed by atoms with van der Waals surface area (Å²) in [6, 6.07) is 8.06. The average molecular weight is 315 g/mol. The molecule has 0 radical (unpaired) electrons. The molecule has 0 saturated heterocycles. The number of hydrogen-bond donors (Lipinski definition) is 1. The molecule has 1 aromatic heterocycles. The Hall–Kier alpha value is -1.88. The van der Waals surface area contributed by atoms with Crippen LogP contribution in [0.4, 0.5) is 0 Å². The molecular weight excluding hydrogens is 290 g/mol. The number of amides is 1. The van der Waals surface area contributed by atoms with Crippen molar-refractivity contribution in [2.24, 2.45) is 5.92 Å². The van der Waals surface area contributed by atoms with Crippen LogP contribution in [0.5, 0.6) is 0 Å². The third kappa shape index (κ3) is 3.72. The number of aromatic nitrogens is 2. The lowest BCUT2D eigenvalue weighted by atomic mass is 9.89. The Kier molecular flexibility index (Phi) is 5.28. The van der Waals surface area contributed by atoms with E-state index in [0.29, 0.717) is 13.2 Å². The van der Waals surface area contributed by atoms with Gasteiger partial charge in [0.1, 0.15) is 5.82 Å². The van der Waals surface area contributed by atoms with E-state index in [-0.39, 0.29) is 11.8 Å². The van der Waals surface area contributed by atoms with Crippen molar-refractivity contribution in [2.75, 3.05) is 13.7 Å². The van der Waals surface area contributed by atoms with E-state index in [1.807, 2.05) is 18.2 Å². The van der Waals surface area contributed by atoms with E-state index in [1.165, 1.54) is 19.3 Å². The van der Waals surface area contributed by atoms with Gasteiger partial charge in [-0.2, -0.15) is 0 Å². The lowest BCUT2D eigenvalue weighted by Crippen LogP contribution is -2.32. The zero-order valence-corrected chi connectivity index (χ0v) is 13.8. The van der Waals surface area contributed by atoms with E-state index < -0.39 is 0 Å². The van der Waals surface area contributed by atoms with Gasteiger partial charge in [0.05, 0.1) is 24.2 Å². The van der Waals surface area contributed by atoms with Crippen LogP contribution in [0, 0.1) is 5.92 Å². The summed E-state index contributed by atoms with van der Waals surface area (Å²) in [6.45, 7) is 1.85. The van der Waals surface area contributed by atoms with Crippen LogP contribution in [0.3, 0.4) is 0 Å². The molecule has 1 amide bonds. The highest BCUT2D eigenvalue weighted by atomic mass is 16.5. The second kappa shape index (κ2) is 7.59. The topological polar surface area (TPSA) is 56.1 Å². The number of carbonyl (C=O) groups is 1. The summed E-state index contributed by atoms with van der Waals surface area (Å²) < 4.78 is 7.34. The van der Waals surface area contributed by atoms with Crippen LogP contribution in [0.25, 0.3) is 11.0 Å². The molecule has 5 nitrogen and oxygen atoms in total. The maximum atomic E-state index is 12.3. The number of imidazole rings is 1. The zero-order chi connectivity index (χ0) is 16.1. The SMILES string of the molecule is COCCn1c(CNC(=O)C2CCCCC2)nc2ccccc21. The summed E-state index contributed by atoms with van der Waals surface area (Å²) in [5, 5.41) is 3.08. The Morgan fingerprint density at radius 1 is 1.30 bits per heavy atom. The minimum atomic E-state index is 0.176. The van der Waals surface area contributed by atoms with Gasteiger partial charge in [-0.3, -0.25) is 4.79 Å². The van der Waals surface area contributed by atoms with Gasteiger partial charge in [0.2, 0.25) is 5.91 Å². The van der Waals surface area contributed by atoms with Crippen molar-refractivity contribution in [1.82, 2.24) is 14.9 Å². The predicted octanol–water partition coefficient (Wildman–Crippen LogP) is 2.88. The third-order valence-corrected chi connectivity index (χ3v) is 4.65. The second-order valence-electron chi connectivity index (χ2n) is 6.21. The quantitative estimate of drug-likeness (QED) is 0.892. The molecular formula is C18H25N3O2. The summed E-state index contributed by atoms with van der Waals surface area (Å²) in [7, 11) is 1.70. The van der Waals surface area contributed by atoms with Crippen molar-refractivity contribution in [3.8, 4) is 0 Å². The van der Waals surface area contributed by atoms with Crippen LogP contribution >= 0.6 is 0 Å². The summed E-state index contributed by atoms with van der Waals surface area (Å²) in [5.41, 5.74) is 2.05.